The van der Waals surface area contributed by atoms with Crippen LogP contribution in [0.25, 0.3) is 0 Å². The van der Waals surface area contributed by atoms with Gasteiger partial charge in [-0.25, -0.2) is 4.99 Å². The van der Waals surface area contributed by atoms with Gasteiger partial charge in [0.2, 0.25) is 0 Å². The number of ketones is 1. The standard InChI is InChI=1S/C4H2N2O2.ClH/c7-3-1-5-2-6-4(3)8;/h1-2H;1H. The number of carbonyl (C=O) groups is 2. The maximum atomic E-state index is 10.2. The van der Waals surface area contributed by atoms with Crippen molar-refractivity contribution in [2.75, 3.05) is 0 Å². The first kappa shape index (κ1) is 7.97. The molecule has 1 amide bonds. The summed E-state index contributed by atoms with van der Waals surface area (Å²) < 4.78 is 0. The van der Waals surface area contributed by atoms with Crippen LogP contribution in [-0.2, 0) is 9.59 Å². The minimum absolute atomic E-state index is 0. The number of amides is 1. The third-order valence-corrected chi connectivity index (χ3v) is 0.644. The van der Waals surface area contributed by atoms with Crippen LogP contribution in [0, 0.1) is 0 Å². The Morgan fingerprint density at radius 1 is 1.33 bits per heavy atom. The number of nitrogens with zero attached hydrogens (tertiary/aromatic N) is 2. The Kier molecular flexibility index (Phi) is 2.73. The van der Waals surface area contributed by atoms with Crippen LogP contribution < -0.4 is 0 Å². The Morgan fingerprint density at radius 3 is 2.33 bits per heavy atom. The number of rotatable bonds is 0. The highest BCUT2D eigenvalue weighted by Gasteiger charge is 2.09. The average molecular weight is 147 g/mol. The van der Waals surface area contributed by atoms with Crippen molar-refractivity contribution < 1.29 is 9.59 Å². The molecule has 0 atom stereocenters. The fourth-order valence-corrected chi connectivity index (χ4v) is 0.306. The van der Waals surface area contributed by atoms with E-state index < -0.39 is 11.7 Å². The van der Waals surface area contributed by atoms with Crippen molar-refractivity contribution in [3.8, 4) is 0 Å². The predicted molar refractivity (Wildman–Crippen MR) is 34.2 cm³/mol. The van der Waals surface area contributed by atoms with Gasteiger partial charge in [-0.3, -0.25) is 9.59 Å². The summed E-state index contributed by atoms with van der Waals surface area (Å²) in [6.07, 6.45) is 1.99. The van der Waals surface area contributed by atoms with Gasteiger partial charge in [-0.2, -0.15) is 4.99 Å². The summed E-state index contributed by atoms with van der Waals surface area (Å²) in [6, 6.07) is 0. The lowest BCUT2D eigenvalue weighted by molar-refractivity contribution is -0.131. The van der Waals surface area contributed by atoms with E-state index in [2.05, 4.69) is 9.98 Å². The highest BCUT2D eigenvalue weighted by molar-refractivity contribution is 6.60. The second-order valence-electron chi connectivity index (χ2n) is 1.19. The van der Waals surface area contributed by atoms with Crippen LogP contribution in [0.5, 0.6) is 0 Å². The summed E-state index contributed by atoms with van der Waals surface area (Å²) in [6.45, 7) is 0. The second kappa shape index (κ2) is 3.09. The normalized spacial score (nSPS) is 15.6. The highest BCUT2D eigenvalue weighted by Crippen LogP contribution is 1.80. The molecule has 0 unspecified atom stereocenters. The molecule has 1 heterocycles. The lowest BCUT2D eigenvalue weighted by Gasteiger charge is -1.87. The molecule has 0 aliphatic carbocycles. The quantitative estimate of drug-likeness (QED) is 0.438. The van der Waals surface area contributed by atoms with Crippen molar-refractivity contribution in [3.05, 3.63) is 0 Å². The third-order valence-electron chi connectivity index (χ3n) is 0.644. The monoisotopic (exact) mass is 146 g/mol. The topological polar surface area (TPSA) is 58.9 Å². The van der Waals surface area contributed by atoms with E-state index in [1.807, 2.05) is 0 Å². The van der Waals surface area contributed by atoms with Crippen molar-refractivity contribution in [3.63, 3.8) is 0 Å². The van der Waals surface area contributed by atoms with Crippen LogP contribution in [-0.4, -0.2) is 24.2 Å². The molecule has 4 nitrogen and oxygen atoms in total. The van der Waals surface area contributed by atoms with Crippen molar-refractivity contribution in [1.82, 2.24) is 0 Å². The molecule has 0 radical (unpaired) electrons. The first-order chi connectivity index (χ1) is 3.80. The zero-order valence-electron chi connectivity index (χ0n) is 4.27. The molecule has 0 saturated carbocycles. The first-order valence-electron chi connectivity index (χ1n) is 1.95. The molecule has 0 bridgehead atoms. The molecular formula is C4H3ClN2O2. The number of carbonyl (C=O) groups excluding carboxylic acids is 2. The van der Waals surface area contributed by atoms with Gasteiger partial charge in [0.05, 0.1) is 6.21 Å². The fraction of sp³-hybridized carbons (Fsp3) is 0. The minimum atomic E-state index is -0.750. The number of hydrogen-bond donors (Lipinski definition) is 0. The molecule has 0 aromatic heterocycles. The lowest BCUT2D eigenvalue weighted by atomic mass is 10.4. The van der Waals surface area contributed by atoms with Gasteiger partial charge in [-0.05, 0) is 0 Å². The number of halogens is 1. The van der Waals surface area contributed by atoms with Gasteiger partial charge in [0.1, 0.15) is 6.34 Å². The van der Waals surface area contributed by atoms with E-state index in [0.29, 0.717) is 0 Å². The van der Waals surface area contributed by atoms with Crippen molar-refractivity contribution >= 4 is 36.7 Å². The van der Waals surface area contributed by atoms with Gasteiger partial charge in [0.25, 0.3) is 5.78 Å². The molecule has 5 heteroatoms. The summed E-state index contributed by atoms with van der Waals surface area (Å²) >= 11 is 0. The van der Waals surface area contributed by atoms with E-state index in [4.69, 9.17) is 0 Å². The number of hydrogen-bond acceptors (Lipinski definition) is 3. The van der Waals surface area contributed by atoms with Crippen molar-refractivity contribution in [2.24, 2.45) is 9.98 Å². The molecule has 48 valence electrons. The van der Waals surface area contributed by atoms with Gasteiger partial charge in [0, 0.05) is 0 Å². The van der Waals surface area contributed by atoms with Crippen molar-refractivity contribution in [2.45, 2.75) is 0 Å². The van der Waals surface area contributed by atoms with Gasteiger partial charge in [-0.1, -0.05) is 0 Å². The van der Waals surface area contributed by atoms with Crippen LogP contribution >= 0.6 is 12.4 Å². The molecule has 1 aliphatic rings. The SMILES string of the molecule is Cl.O=C1C=NC=NC1=O. The van der Waals surface area contributed by atoms with Crippen molar-refractivity contribution in [1.29, 1.82) is 0 Å². The molecule has 0 spiro atoms. The Hall–Kier alpha value is -1.03. The van der Waals surface area contributed by atoms with E-state index in [0.717, 1.165) is 12.6 Å². The molecule has 0 aromatic carbocycles. The molecule has 0 saturated heterocycles. The number of Topliss-reactive ketones (excluding diaryl/α,β-unsaturated/α-hetero) is 1. The molecular weight excluding hydrogens is 144 g/mol. The van der Waals surface area contributed by atoms with Gasteiger partial charge in [0.15, 0.2) is 0 Å². The van der Waals surface area contributed by atoms with Gasteiger partial charge in [-0.15, -0.1) is 12.4 Å². The van der Waals surface area contributed by atoms with Gasteiger partial charge < -0.3 is 0 Å². The summed E-state index contributed by atoms with van der Waals surface area (Å²) in [5, 5.41) is 0. The first-order valence-corrected chi connectivity index (χ1v) is 1.95. The van der Waals surface area contributed by atoms with E-state index in [1.54, 1.807) is 0 Å². The average Bonchev–Trinajstić information content (AvgIpc) is 1.77. The smallest absolute Gasteiger partial charge is 0.282 e. The van der Waals surface area contributed by atoms with E-state index >= 15 is 0 Å². The maximum Gasteiger partial charge on any atom is 0.320 e. The van der Waals surface area contributed by atoms with E-state index in [1.165, 1.54) is 0 Å². The van der Waals surface area contributed by atoms with Gasteiger partial charge >= 0.3 is 5.91 Å². The Morgan fingerprint density at radius 2 is 2.00 bits per heavy atom. The molecule has 0 fully saturated rings. The van der Waals surface area contributed by atoms with E-state index in [9.17, 15) is 9.59 Å². The molecule has 9 heavy (non-hydrogen) atoms. The Bertz CT molecular complexity index is 175. The molecule has 0 aromatic rings. The van der Waals surface area contributed by atoms with Crippen LogP contribution in [0.4, 0.5) is 0 Å². The molecule has 1 rings (SSSR count). The Balaban J connectivity index is 0.000000640. The maximum absolute atomic E-state index is 10.2. The van der Waals surface area contributed by atoms with E-state index in [-0.39, 0.29) is 12.4 Å². The van der Waals surface area contributed by atoms with Crippen LogP contribution in [0.2, 0.25) is 0 Å². The third kappa shape index (κ3) is 1.73. The summed E-state index contributed by atoms with van der Waals surface area (Å²) in [5.41, 5.74) is 0. The minimum Gasteiger partial charge on any atom is -0.282 e. The summed E-state index contributed by atoms with van der Waals surface area (Å²) in [5.74, 6) is -1.41. The van der Waals surface area contributed by atoms with Crippen LogP contribution in [0.3, 0.4) is 0 Å². The lowest BCUT2D eigenvalue weighted by Crippen LogP contribution is -2.15. The fourth-order valence-electron chi connectivity index (χ4n) is 0.306. The second-order valence-corrected chi connectivity index (χ2v) is 1.19. The van der Waals surface area contributed by atoms with Crippen LogP contribution in [0.15, 0.2) is 9.98 Å². The zero-order valence-corrected chi connectivity index (χ0v) is 5.09. The molecule has 0 N–H and O–H groups in total. The molecule has 1 aliphatic heterocycles. The summed E-state index contributed by atoms with van der Waals surface area (Å²) in [4.78, 5) is 26.8. The predicted octanol–water partition coefficient (Wildman–Crippen LogP) is -0.383. The number of aliphatic imine (C=N–C) groups is 2. The Labute approximate surface area is 57.1 Å². The van der Waals surface area contributed by atoms with Crippen LogP contribution in [0.1, 0.15) is 0 Å². The summed E-state index contributed by atoms with van der Waals surface area (Å²) in [7, 11) is 0. The largest absolute Gasteiger partial charge is 0.320 e. The highest BCUT2D eigenvalue weighted by atomic mass is 35.5. The zero-order chi connectivity index (χ0) is 5.98.